The summed E-state index contributed by atoms with van der Waals surface area (Å²) in [6, 6.07) is 8.39. The average molecular weight is 229 g/mol. The summed E-state index contributed by atoms with van der Waals surface area (Å²) in [7, 11) is 0. The van der Waals surface area contributed by atoms with E-state index in [-0.39, 0.29) is 11.3 Å². The van der Waals surface area contributed by atoms with Gasteiger partial charge in [-0.3, -0.25) is 9.78 Å². The van der Waals surface area contributed by atoms with E-state index in [1.165, 1.54) is 6.07 Å². The van der Waals surface area contributed by atoms with Gasteiger partial charge in [0.2, 0.25) is 0 Å². The van der Waals surface area contributed by atoms with Crippen LogP contribution in [0.1, 0.15) is 15.9 Å². The third kappa shape index (κ3) is 2.60. The van der Waals surface area contributed by atoms with Crippen molar-refractivity contribution < 1.29 is 14.6 Å². The van der Waals surface area contributed by atoms with E-state index in [9.17, 15) is 9.90 Å². The third-order valence-electron chi connectivity index (χ3n) is 2.28. The van der Waals surface area contributed by atoms with Gasteiger partial charge >= 0.3 is 0 Å². The minimum atomic E-state index is -0.0799. The zero-order valence-electron chi connectivity index (χ0n) is 9.04. The summed E-state index contributed by atoms with van der Waals surface area (Å²) in [5.41, 5.74) is 1.06. The van der Waals surface area contributed by atoms with Crippen molar-refractivity contribution in [3.8, 4) is 11.5 Å². The smallest absolute Gasteiger partial charge is 0.157 e. The van der Waals surface area contributed by atoms with Crippen molar-refractivity contribution in [2.75, 3.05) is 0 Å². The highest BCUT2D eigenvalue weighted by molar-refractivity contribution is 5.83. The van der Waals surface area contributed by atoms with E-state index < -0.39 is 0 Å². The lowest BCUT2D eigenvalue weighted by Gasteiger charge is -2.08. The molecule has 0 fully saturated rings. The van der Waals surface area contributed by atoms with E-state index in [0.29, 0.717) is 18.6 Å². The number of phenolic OH excluding ortho intramolecular Hbond substituents is 1. The molecule has 0 unspecified atom stereocenters. The maximum Gasteiger partial charge on any atom is 0.157 e. The Morgan fingerprint density at radius 2 is 2.18 bits per heavy atom. The third-order valence-corrected chi connectivity index (χ3v) is 2.28. The summed E-state index contributed by atoms with van der Waals surface area (Å²) < 4.78 is 5.46. The Balaban J connectivity index is 2.14. The largest absolute Gasteiger partial charge is 0.507 e. The Kier molecular flexibility index (Phi) is 3.35. The molecule has 2 aromatic rings. The number of ether oxygens (including phenoxy) is 1. The molecule has 0 saturated carbocycles. The van der Waals surface area contributed by atoms with Gasteiger partial charge in [0.15, 0.2) is 6.29 Å². The van der Waals surface area contributed by atoms with Crippen LogP contribution in [0.3, 0.4) is 0 Å². The van der Waals surface area contributed by atoms with Gasteiger partial charge in [0, 0.05) is 18.0 Å². The second-order valence-electron chi connectivity index (χ2n) is 3.46. The number of pyridine rings is 1. The van der Waals surface area contributed by atoms with Gasteiger partial charge in [-0.2, -0.15) is 0 Å². The molecule has 0 radical (unpaired) electrons. The molecule has 0 aliphatic carbocycles. The molecule has 1 heterocycles. The van der Waals surface area contributed by atoms with Crippen molar-refractivity contribution in [3.63, 3.8) is 0 Å². The van der Waals surface area contributed by atoms with E-state index in [1.807, 2.05) is 12.1 Å². The standard InChI is InChI=1S/C13H11NO3/c15-8-11-12(16)4-1-5-13(11)17-9-10-3-2-6-14-7-10/h1-8,16H,9H2. The lowest BCUT2D eigenvalue weighted by atomic mass is 10.2. The predicted octanol–water partition coefficient (Wildman–Crippen LogP) is 2.18. The average Bonchev–Trinajstić information content (AvgIpc) is 2.37. The highest BCUT2D eigenvalue weighted by Crippen LogP contribution is 2.25. The van der Waals surface area contributed by atoms with Crippen LogP contribution in [0, 0.1) is 0 Å². The van der Waals surface area contributed by atoms with Crippen LogP contribution in [0.15, 0.2) is 42.7 Å². The van der Waals surface area contributed by atoms with Crippen LogP contribution in [-0.2, 0) is 6.61 Å². The van der Waals surface area contributed by atoms with Crippen LogP contribution in [-0.4, -0.2) is 16.4 Å². The Bertz CT molecular complexity index is 511. The van der Waals surface area contributed by atoms with Crippen molar-refractivity contribution in [2.45, 2.75) is 6.61 Å². The Hall–Kier alpha value is -2.36. The molecule has 0 aliphatic rings. The zero-order chi connectivity index (χ0) is 12.1. The van der Waals surface area contributed by atoms with Crippen LogP contribution in [0.25, 0.3) is 0 Å². The van der Waals surface area contributed by atoms with Gasteiger partial charge in [-0.25, -0.2) is 0 Å². The first-order valence-corrected chi connectivity index (χ1v) is 5.10. The monoisotopic (exact) mass is 229 g/mol. The minimum absolute atomic E-state index is 0.0799. The lowest BCUT2D eigenvalue weighted by Crippen LogP contribution is -1.98. The number of nitrogens with zero attached hydrogens (tertiary/aromatic N) is 1. The molecule has 0 bridgehead atoms. The summed E-state index contributed by atoms with van der Waals surface area (Å²) in [4.78, 5) is 14.8. The molecule has 0 saturated heterocycles. The fourth-order valence-electron chi connectivity index (χ4n) is 1.42. The highest BCUT2D eigenvalue weighted by atomic mass is 16.5. The van der Waals surface area contributed by atoms with Gasteiger partial charge in [-0.05, 0) is 18.2 Å². The summed E-state index contributed by atoms with van der Waals surface area (Å²) >= 11 is 0. The fraction of sp³-hybridized carbons (Fsp3) is 0.0769. The Morgan fingerprint density at radius 1 is 1.29 bits per heavy atom. The molecule has 17 heavy (non-hydrogen) atoms. The molecule has 0 spiro atoms. The summed E-state index contributed by atoms with van der Waals surface area (Å²) in [6.07, 6.45) is 3.94. The fourth-order valence-corrected chi connectivity index (χ4v) is 1.42. The SMILES string of the molecule is O=Cc1c(O)cccc1OCc1cccnc1. The van der Waals surface area contributed by atoms with Crippen LogP contribution in [0.5, 0.6) is 11.5 Å². The first kappa shape index (κ1) is 11.1. The van der Waals surface area contributed by atoms with Gasteiger partial charge in [-0.1, -0.05) is 12.1 Å². The van der Waals surface area contributed by atoms with Gasteiger partial charge in [0.25, 0.3) is 0 Å². The zero-order valence-corrected chi connectivity index (χ0v) is 9.04. The molecule has 0 aliphatic heterocycles. The van der Waals surface area contributed by atoms with Gasteiger partial charge in [0.1, 0.15) is 18.1 Å². The molecule has 1 aromatic heterocycles. The number of rotatable bonds is 4. The van der Waals surface area contributed by atoms with E-state index >= 15 is 0 Å². The molecule has 1 N–H and O–H groups in total. The molecule has 4 nitrogen and oxygen atoms in total. The van der Waals surface area contributed by atoms with Gasteiger partial charge in [-0.15, -0.1) is 0 Å². The molecule has 1 aromatic carbocycles. The summed E-state index contributed by atoms with van der Waals surface area (Å²) in [5, 5.41) is 9.46. The molecule has 86 valence electrons. The number of carbonyl (C=O) groups excluding carboxylic acids is 1. The molecule has 0 amide bonds. The van der Waals surface area contributed by atoms with Crippen molar-refractivity contribution in [3.05, 3.63) is 53.9 Å². The molecular formula is C13H11NO3. The number of benzene rings is 1. The van der Waals surface area contributed by atoms with Gasteiger partial charge in [0.05, 0.1) is 5.56 Å². The minimum Gasteiger partial charge on any atom is -0.507 e. The van der Waals surface area contributed by atoms with E-state index in [1.54, 1.807) is 24.5 Å². The van der Waals surface area contributed by atoms with Crippen molar-refractivity contribution in [1.29, 1.82) is 0 Å². The second kappa shape index (κ2) is 5.12. The first-order chi connectivity index (χ1) is 8.31. The van der Waals surface area contributed by atoms with Crippen LogP contribution in [0.4, 0.5) is 0 Å². The summed E-state index contributed by atoms with van der Waals surface area (Å²) in [6.45, 7) is 0.304. The maximum atomic E-state index is 10.8. The summed E-state index contributed by atoms with van der Waals surface area (Å²) in [5.74, 6) is 0.285. The number of hydrogen-bond donors (Lipinski definition) is 1. The second-order valence-corrected chi connectivity index (χ2v) is 3.46. The van der Waals surface area contributed by atoms with Crippen molar-refractivity contribution in [2.24, 2.45) is 0 Å². The van der Waals surface area contributed by atoms with Crippen LogP contribution < -0.4 is 4.74 Å². The van der Waals surface area contributed by atoms with Crippen LogP contribution >= 0.6 is 0 Å². The molecular weight excluding hydrogens is 218 g/mol. The normalized spacial score (nSPS) is 9.88. The van der Waals surface area contributed by atoms with Crippen molar-refractivity contribution >= 4 is 6.29 Å². The number of aromatic nitrogens is 1. The van der Waals surface area contributed by atoms with E-state index in [0.717, 1.165) is 5.56 Å². The number of aromatic hydroxyl groups is 1. The Labute approximate surface area is 98.5 Å². The molecule has 4 heteroatoms. The predicted molar refractivity (Wildman–Crippen MR) is 62.1 cm³/mol. The number of phenols is 1. The quantitative estimate of drug-likeness (QED) is 0.816. The van der Waals surface area contributed by atoms with Gasteiger partial charge < -0.3 is 9.84 Å². The topological polar surface area (TPSA) is 59.4 Å². The molecule has 2 rings (SSSR count). The van der Waals surface area contributed by atoms with E-state index in [4.69, 9.17) is 4.74 Å². The van der Waals surface area contributed by atoms with Crippen molar-refractivity contribution in [1.82, 2.24) is 4.98 Å². The maximum absolute atomic E-state index is 10.8. The number of aldehydes is 1. The lowest BCUT2D eigenvalue weighted by molar-refractivity contribution is 0.111. The number of carbonyl (C=O) groups is 1. The highest BCUT2D eigenvalue weighted by Gasteiger charge is 2.07. The van der Waals surface area contributed by atoms with E-state index in [2.05, 4.69) is 4.98 Å². The first-order valence-electron chi connectivity index (χ1n) is 5.10. The Morgan fingerprint density at radius 3 is 2.88 bits per heavy atom. The molecule has 0 atom stereocenters. The number of hydrogen-bond acceptors (Lipinski definition) is 4. The van der Waals surface area contributed by atoms with Crippen LogP contribution in [0.2, 0.25) is 0 Å².